The summed E-state index contributed by atoms with van der Waals surface area (Å²) in [6, 6.07) is 3.41. The lowest BCUT2D eigenvalue weighted by Gasteiger charge is -2.19. The van der Waals surface area contributed by atoms with Crippen LogP contribution in [0.4, 0.5) is 0 Å². The van der Waals surface area contributed by atoms with Crippen LogP contribution in [-0.4, -0.2) is 20.2 Å². The molecule has 1 aromatic carbocycles. The first kappa shape index (κ1) is 13.7. The topological polar surface area (TPSA) is 61.8 Å². The third-order valence-electron chi connectivity index (χ3n) is 2.83. The molecule has 0 radical (unpaired) electrons. The number of benzene rings is 1. The molecule has 1 unspecified atom stereocenters. The number of carbonyl (C=O) groups is 1. The number of hydrogen-bond acceptors (Lipinski definition) is 5. The first-order valence-corrected chi connectivity index (χ1v) is 7.55. The second kappa shape index (κ2) is 4.78. The van der Waals surface area contributed by atoms with Crippen molar-refractivity contribution in [2.24, 2.45) is 0 Å². The molecule has 1 atom stereocenters. The maximum Gasteiger partial charge on any atom is 0.375 e. The summed E-state index contributed by atoms with van der Waals surface area (Å²) in [6.07, 6.45) is 0. The zero-order valence-electron chi connectivity index (χ0n) is 10.1. The van der Waals surface area contributed by atoms with E-state index >= 15 is 0 Å². The number of ether oxygens (including phenoxy) is 1. The number of hydrogen-bond donors (Lipinski definition) is 0. The minimum absolute atomic E-state index is 0.398. The summed E-state index contributed by atoms with van der Waals surface area (Å²) in [5, 5.41) is 0. The Kier molecular flexibility index (Phi) is 3.65. The Morgan fingerprint density at radius 1 is 1.33 bits per heavy atom. The maximum absolute atomic E-state index is 12.3. The van der Waals surface area contributed by atoms with Gasteiger partial charge in [0.05, 0.1) is 5.56 Å². The zero-order valence-corrected chi connectivity index (χ0v) is 12.6. The van der Waals surface area contributed by atoms with Gasteiger partial charge in [-0.25, -0.2) is 4.79 Å². The van der Waals surface area contributed by atoms with Gasteiger partial charge in [0.25, 0.3) is 0 Å². The Labute approximate surface area is 113 Å². The van der Waals surface area contributed by atoms with Gasteiger partial charge in [-0.1, -0.05) is 15.9 Å². The minimum Gasteiger partial charge on any atom is -0.441 e. The second-order valence-corrected chi connectivity index (χ2v) is 6.98. The van der Waals surface area contributed by atoms with Crippen molar-refractivity contribution in [3.8, 4) is 0 Å². The zero-order chi connectivity index (χ0) is 13.5. The third kappa shape index (κ3) is 2.03. The van der Waals surface area contributed by atoms with Gasteiger partial charge in [0, 0.05) is 24.3 Å². The normalized spacial score (nSPS) is 18.7. The molecule has 0 fully saturated rings. The molecule has 0 amide bonds. The number of rotatable bonds is 3. The van der Waals surface area contributed by atoms with Crippen LogP contribution < -0.4 is 0 Å². The second-order valence-electron chi connectivity index (χ2n) is 3.85. The van der Waals surface area contributed by atoms with E-state index in [1.165, 1.54) is 14.2 Å². The molecule has 0 N–H and O–H groups in total. The molecule has 1 aliphatic heterocycles. The highest BCUT2D eigenvalue weighted by Gasteiger charge is 2.45. The van der Waals surface area contributed by atoms with Crippen LogP contribution in [0.3, 0.4) is 0 Å². The Morgan fingerprint density at radius 3 is 2.50 bits per heavy atom. The summed E-state index contributed by atoms with van der Waals surface area (Å²) in [7, 11) is -0.971. The van der Waals surface area contributed by atoms with Crippen molar-refractivity contribution in [3.05, 3.63) is 33.3 Å². The van der Waals surface area contributed by atoms with Crippen molar-refractivity contribution < 1.29 is 23.1 Å². The first-order chi connectivity index (χ1) is 8.42. The molecule has 1 heterocycles. The van der Waals surface area contributed by atoms with Gasteiger partial charge in [-0.2, -0.15) is 0 Å². The van der Waals surface area contributed by atoms with E-state index in [-0.39, 0.29) is 0 Å². The Balaban J connectivity index is 2.57. The highest BCUT2D eigenvalue weighted by molar-refractivity contribution is 9.10. The van der Waals surface area contributed by atoms with Gasteiger partial charge in [0.1, 0.15) is 0 Å². The number of halogens is 1. The minimum atomic E-state index is -3.50. The van der Waals surface area contributed by atoms with E-state index in [0.29, 0.717) is 11.1 Å². The van der Waals surface area contributed by atoms with Crippen LogP contribution in [0.2, 0.25) is 0 Å². The average molecular weight is 335 g/mol. The Bertz CT molecular complexity index is 549. The van der Waals surface area contributed by atoms with Crippen molar-refractivity contribution in [3.63, 3.8) is 0 Å². The van der Waals surface area contributed by atoms with E-state index in [9.17, 15) is 9.36 Å². The summed E-state index contributed by atoms with van der Waals surface area (Å²) in [5.74, 6) is -1.52. The van der Waals surface area contributed by atoms with E-state index in [4.69, 9.17) is 13.8 Å². The number of esters is 1. The monoisotopic (exact) mass is 334 g/mol. The maximum atomic E-state index is 12.3. The van der Waals surface area contributed by atoms with Gasteiger partial charge in [0.2, 0.25) is 5.85 Å². The molecule has 0 spiro atoms. The van der Waals surface area contributed by atoms with E-state index in [1.807, 2.05) is 6.92 Å². The smallest absolute Gasteiger partial charge is 0.375 e. The van der Waals surface area contributed by atoms with Crippen molar-refractivity contribution in [2.45, 2.75) is 12.8 Å². The first-order valence-electron chi connectivity index (χ1n) is 5.15. The van der Waals surface area contributed by atoms with Gasteiger partial charge in [-0.3, -0.25) is 4.57 Å². The lowest BCUT2D eigenvalue weighted by atomic mass is 10.1. The van der Waals surface area contributed by atoms with Crippen LogP contribution in [0.15, 0.2) is 16.6 Å². The third-order valence-corrected chi connectivity index (χ3v) is 5.66. The van der Waals surface area contributed by atoms with E-state index in [1.54, 1.807) is 12.1 Å². The number of aryl methyl sites for hydroxylation is 1. The van der Waals surface area contributed by atoms with Crippen molar-refractivity contribution in [1.29, 1.82) is 0 Å². The fraction of sp³-hybridized carbons (Fsp3) is 0.364. The summed E-state index contributed by atoms with van der Waals surface area (Å²) in [4.78, 5) is 11.7. The highest BCUT2D eigenvalue weighted by atomic mass is 79.9. The summed E-state index contributed by atoms with van der Waals surface area (Å²) < 4.78 is 28.0. The molecule has 2 rings (SSSR count). The molecule has 1 aliphatic rings. The van der Waals surface area contributed by atoms with Crippen molar-refractivity contribution in [1.82, 2.24) is 0 Å². The van der Waals surface area contributed by atoms with Gasteiger partial charge < -0.3 is 13.8 Å². The fourth-order valence-electron chi connectivity index (χ4n) is 1.81. The number of cyclic esters (lactones) is 1. The molecular formula is C11H12BrO5P. The largest absolute Gasteiger partial charge is 0.441 e. The van der Waals surface area contributed by atoms with Gasteiger partial charge in [0.15, 0.2) is 0 Å². The summed E-state index contributed by atoms with van der Waals surface area (Å²) in [6.45, 7) is 1.86. The van der Waals surface area contributed by atoms with Crippen LogP contribution in [0.5, 0.6) is 0 Å². The molecule has 0 aromatic heterocycles. The summed E-state index contributed by atoms with van der Waals surface area (Å²) >= 11 is 3.37. The van der Waals surface area contributed by atoms with Crippen LogP contribution in [-0.2, 0) is 18.3 Å². The van der Waals surface area contributed by atoms with Crippen LogP contribution in [0.25, 0.3) is 0 Å². The van der Waals surface area contributed by atoms with Gasteiger partial charge >= 0.3 is 13.6 Å². The molecule has 0 saturated heterocycles. The number of fused-ring (bicyclic) bond motifs is 1. The number of carbonyl (C=O) groups excluding carboxylic acids is 1. The molecule has 98 valence electrons. The van der Waals surface area contributed by atoms with Crippen molar-refractivity contribution >= 4 is 29.5 Å². The quantitative estimate of drug-likeness (QED) is 0.626. The predicted molar refractivity (Wildman–Crippen MR) is 68.7 cm³/mol. The van der Waals surface area contributed by atoms with Crippen molar-refractivity contribution in [2.75, 3.05) is 14.2 Å². The van der Waals surface area contributed by atoms with Gasteiger partial charge in [-0.05, 0) is 24.6 Å². The predicted octanol–water partition coefficient (Wildman–Crippen LogP) is 3.41. The lowest BCUT2D eigenvalue weighted by molar-refractivity contribution is 0.0456. The molecular weight excluding hydrogens is 323 g/mol. The molecule has 0 saturated carbocycles. The molecule has 7 heteroatoms. The fourth-order valence-corrected chi connectivity index (χ4v) is 3.48. The van der Waals surface area contributed by atoms with Crippen LogP contribution in [0, 0.1) is 6.92 Å². The van der Waals surface area contributed by atoms with E-state index in [0.717, 1.165) is 10.0 Å². The Morgan fingerprint density at radius 2 is 1.94 bits per heavy atom. The summed E-state index contributed by atoms with van der Waals surface area (Å²) in [5.41, 5.74) is 1.82. The van der Waals surface area contributed by atoms with Crippen LogP contribution >= 0.6 is 23.5 Å². The standard InChI is InChI=1S/C11H12BrO5P/c1-6-4-7-8(5-9(6)12)11(17-10(7)13)18(14,15-2)16-3/h4-5,11H,1-3H3. The Hall–Kier alpha value is -0.680. The average Bonchev–Trinajstić information content (AvgIpc) is 2.67. The molecule has 18 heavy (non-hydrogen) atoms. The van der Waals surface area contributed by atoms with Gasteiger partial charge in [-0.15, -0.1) is 0 Å². The molecule has 1 aromatic rings. The molecule has 0 bridgehead atoms. The van der Waals surface area contributed by atoms with E-state index in [2.05, 4.69) is 15.9 Å². The molecule has 0 aliphatic carbocycles. The lowest BCUT2D eigenvalue weighted by Crippen LogP contribution is -2.03. The highest BCUT2D eigenvalue weighted by Crippen LogP contribution is 2.63. The SMILES string of the molecule is COP(=O)(OC)C1OC(=O)c2cc(C)c(Br)cc21. The van der Waals surface area contributed by atoms with Crippen LogP contribution in [0.1, 0.15) is 27.3 Å². The molecule has 5 nitrogen and oxygen atoms in total. The van der Waals surface area contributed by atoms with E-state index < -0.39 is 19.4 Å².